The fourth-order valence-electron chi connectivity index (χ4n) is 1.93. The Morgan fingerprint density at radius 2 is 2.44 bits per heavy atom. The number of rotatable bonds is 2. The van der Waals surface area contributed by atoms with Crippen molar-refractivity contribution in [3.63, 3.8) is 0 Å². The lowest BCUT2D eigenvalue weighted by Gasteiger charge is -2.21. The number of nitrogens with zero attached hydrogens (tertiary/aromatic N) is 4. The van der Waals surface area contributed by atoms with Gasteiger partial charge in [0.1, 0.15) is 6.20 Å². The molecule has 0 bridgehead atoms. The number of hydrogen-bond donors (Lipinski definition) is 0. The van der Waals surface area contributed by atoms with Crippen LogP contribution in [0.25, 0.3) is 0 Å². The average Bonchev–Trinajstić information content (AvgIpc) is 2.63. The summed E-state index contributed by atoms with van der Waals surface area (Å²) in [6.07, 6.45) is 3.19. The second-order valence-corrected chi connectivity index (χ2v) is 4.13. The zero-order valence-electron chi connectivity index (χ0n) is 8.76. The first-order chi connectivity index (χ1) is 7.59. The Bertz CT molecular complexity index is 426. The molecule has 1 atom stereocenters. The molecule has 16 heavy (non-hydrogen) atoms. The lowest BCUT2D eigenvalue weighted by atomic mass is 10.2. The van der Waals surface area contributed by atoms with E-state index in [1.807, 2.05) is 11.8 Å². The van der Waals surface area contributed by atoms with E-state index in [0.29, 0.717) is 5.82 Å². The van der Waals surface area contributed by atoms with Crippen LogP contribution in [0.4, 0.5) is 11.5 Å². The van der Waals surface area contributed by atoms with E-state index in [4.69, 9.17) is 11.6 Å². The molecule has 1 fully saturated rings. The summed E-state index contributed by atoms with van der Waals surface area (Å²) < 4.78 is 0. The zero-order valence-corrected chi connectivity index (χ0v) is 9.52. The topological polar surface area (TPSA) is 72.2 Å². The molecule has 0 aromatic carbocycles. The summed E-state index contributed by atoms with van der Waals surface area (Å²) in [6, 6.07) is 0.254. The average molecular weight is 243 g/mol. The smallest absolute Gasteiger partial charge is 0.329 e. The van der Waals surface area contributed by atoms with Crippen molar-refractivity contribution in [2.45, 2.75) is 25.8 Å². The molecular weight excluding hydrogens is 232 g/mol. The van der Waals surface area contributed by atoms with Crippen LogP contribution in [-0.2, 0) is 0 Å². The molecule has 1 unspecified atom stereocenters. The number of aromatic nitrogens is 2. The van der Waals surface area contributed by atoms with Crippen molar-refractivity contribution < 1.29 is 4.92 Å². The van der Waals surface area contributed by atoms with Crippen LogP contribution in [0, 0.1) is 10.1 Å². The molecule has 6 nitrogen and oxygen atoms in total. The second-order valence-electron chi connectivity index (χ2n) is 3.79. The van der Waals surface area contributed by atoms with Gasteiger partial charge in [-0.1, -0.05) is 0 Å². The first-order valence-electron chi connectivity index (χ1n) is 5.03. The molecule has 2 heterocycles. The molecule has 1 aromatic heterocycles. The fraction of sp³-hybridized carbons (Fsp3) is 0.556. The molecule has 1 aromatic rings. The Kier molecular flexibility index (Phi) is 2.91. The summed E-state index contributed by atoms with van der Waals surface area (Å²) in [4.78, 5) is 19.9. The van der Waals surface area contributed by atoms with Gasteiger partial charge in [-0.25, -0.2) is 4.98 Å². The summed E-state index contributed by atoms with van der Waals surface area (Å²) in [7, 11) is 0. The number of halogens is 1. The van der Waals surface area contributed by atoms with Gasteiger partial charge < -0.3 is 4.90 Å². The standard InChI is InChI=1S/C9H11ClN4O2/c1-6-3-2-4-13(6)8-7(14(15)16)5-11-9(10)12-8/h5-6H,2-4H2,1H3. The van der Waals surface area contributed by atoms with Gasteiger partial charge in [-0.2, -0.15) is 4.98 Å². The van der Waals surface area contributed by atoms with Crippen LogP contribution in [0.15, 0.2) is 6.20 Å². The molecule has 1 aliphatic rings. The highest BCUT2D eigenvalue weighted by molar-refractivity contribution is 6.28. The van der Waals surface area contributed by atoms with Crippen molar-refractivity contribution in [1.29, 1.82) is 0 Å². The first kappa shape index (κ1) is 11.1. The second kappa shape index (κ2) is 4.21. The van der Waals surface area contributed by atoms with Gasteiger partial charge in [0.15, 0.2) is 0 Å². The predicted octanol–water partition coefficient (Wildman–Crippen LogP) is 2.03. The Balaban J connectivity index is 2.44. The van der Waals surface area contributed by atoms with Crippen molar-refractivity contribution in [3.8, 4) is 0 Å². The largest absolute Gasteiger partial charge is 0.348 e. The van der Waals surface area contributed by atoms with Crippen LogP contribution < -0.4 is 4.90 Å². The monoisotopic (exact) mass is 242 g/mol. The van der Waals surface area contributed by atoms with Crippen LogP contribution in [0.3, 0.4) is 0 Å². The van der Waals surface area contributed by atoms with Gasteiger partial charge in [-0.15, -0.1) is 0 Å². The van der Waals surface area contributed by atoms with E-state index in [1.54, 1.807) is 0 Å². The highest BCUT2D eigenvalue weighted by Crippen LogP contribution is 2.31. The van der Waals surface area contributed by atoms with E-state index in [9.17, 15) is 10.1 Å². The van der Waals surface area contributed by atoms with Crippen LogP contribution in [0.2, 0.25) is 5.28 Å². The summed E-state index contributed by atoms with van der Waals surface area (Å²) in [5.74, 6) is 0.329. The van der Waals surface area contributed by atoms with Gasteiger partial charge in [0, 0.05) is 12.6 Å². The number of anilines is 1. The Labute approximate surface area is 97.4 Å². The van der Waals surface area contributed by atoms with Crippen molar-refractivity contribution in [2.24, 2.45) is 0 Å². The van der Waals surface area contributed by atoms with Gasteiger partial charge in [-0.05, 0) is 31.4 Å². The molecule has 86 valence electrons. The predicted molar refractivity (Wildman–Crippen MR) is 59.7 cm³/mol. The summed E-state index contributed by atoms with van der Waals surface area (Å²) >= 11 is 5.68. The Hall–Kier alpha value is -1.43. The maximum atomic E-state index is 10.9. The van der Waals surface area contributed by atoms with Gasteiger partial charge in [0.05, 0.1) is 4.92 Å². The van der Waals surface area contributed by atoms with Crippen LogP contribution >= 0.6 is 11.6 Å². The van der Waals surface area contributed by atoms with Crippen molar-refractivity contribution in [3.05, 3.63) is 21.6 Å². The van der Waals surface area contributed by atoms with E-state index >= 15 is 0 Å². The third kappa shape index (κ3) is 1.92. The van der Waals surface area contributed by atoms with Crippen molar-refractivity contribution in [1.82, 2.24) is 9.97 Å². The third-order valence-corrected chi connectivity index (χ3v) is 2.92. The van der Waals surface area contributed by atoms with Crippen molar-refractivity contribution >= 4 is 23.1 Å². The minimum Gasteiger partial charge on any atom is -0.348 e. The molecule has 0 N–H and O–H groups in total. The molecule has 0 aliphatic carbocycles. The SMILES string of the molecule is CC1CCCN1c1nc(Cl)ncc1[N+](=O)[O-]. The minimum absolute atomic E-state index is 0.0414. The molecule has 2 rings (SSSR count). The quantitative estimate of drug-likeness (QED) is 0.451. The fourth-order valence-corrected chi connectivity index (χ4v) is 2.06. The molecule has 7 heteroatoms. The van der Waals surface area contributed by atoms with Crippen molar-refractivity contribution in [2.75, 3.05) is 11.4 Å². The van der Waals surface area contributed by atoms with Crippen LogP contribution in [0.1, 0.15) is 19.8 Å². The summed E-state index contributed by atoms with van der Waals surface area (Å²) in [5.41, 5.74) is -0.0850. The van der Waals surface area contributed by atoms with E-state index < -0.39 is 4.92 Å². The zero-order chi connectivity index (χ0) is 11.7. The summed E-state index contributed by atoms with van der Waals surface area (Å²) in [6.45, 7) is 2.79. The number of hydrogen-bond acceptors (Lipinski definition) is 5. The van der Waals surface area contributed by atoms with Crippen LogP contribution in [-0.4, -0.2) is 27.5 Å². The van der Waals surface area contributed by atoms with E-state index in [0.717, 1.165) is 25.6 Å². The Morgan fingerprint density at radius 1 is 1.69 bits per heavy atom. The molecule has 0 amide bonds. The molecular formula is C9H11ClN4O2. The highest BCUT2D eigenvalue weighted by Gasteiger charge is 2.29. The van der Waals surface area contributed by atoms with E-state index in [2.05, 4.69) is 9.97 Å². The maximum Gasteiger partial charge on any atom is 0.329 e. The van der Waals surface area contributed by atoms with Gasteiger partial charge in [-0.3, -0.25) is 10.1 Å². The van der Waals surface area contributed by atoms with Gasteiger partial charge in [0.25, 0.3) is 0 Å². The first-order valence-corrected chi connectivity index (χ1v) is 5.41. The highest BCUT2D eigenvalue weighted by atomic mass is 35.5. The van der Waals surface area contributed by atoms with Gasteiger partial charge >= 0.3 is 5.69 Å². The Morgan fingerprint density at radius 3 is 3.00 bits per heavy atom. The number of nitro groups is 1. The molecule has 0 radical (unpaired) electrons. The normalized spacial score (nSPS) is 20.1. The lowest BCUT2D eigenvalue weighted by molar-refractivity contribution is -0.384. The minimum atomic E-state index is -0.475. The van der Waals surface area contributed by atoms with E-state index in [1.165, 1.54) is 0 Å². The molecule has 0 saturated carbocycles. The lowest BCUT2D eigenvalue weighted by Crippen LogP contribution is -2.28. The third-order valence-electron chi connectivity index (χ3n) is 2.74. The molecule has 1 saturated heterocycles. The summed E-state index contributed by atoms with van der Waals surface area (Å²) in [5, 5.41) is 10.9. The van der Waals surface area contributed by atoms with E-state index in [-0.39, 0.29) is 17.0 Å². The van der Waals surface area contributed by atoms with Gasteiger partial charge in [0.2, 0.25) is 11.1 Å². The van der Waals surface area contributed by atoms with Crippen LogP contribution in [0.5, 0.6) is 0 Å². The maximum absolute atomic E-state index is 10.9. The molecule has 0 spiro atoms. The molecule has 1 aliphatic heterocycles.